The quantitative estimate of drug-likeness (QED) is 0.820. The predicted octanol–water partition coefficient (Wildman–Crippen LogP) is 2.26. The Kier molecular flexibility index (Phi) is 3.20. The minimum Gasteiger partial charge on any atom is -0.481 e. The molecule has 3 nitrogen and oxygen atoms in total. The van der Waals surface area contributed by atoms with Crippen molar-refractivity contribution in [2.75, 3.05) is 6.54 Å². The predicted molar refractivity (Wildman–Crippen MR) is 66.9 cm³/mol. The number of carbonyl (C=O) groups is 1. The third kappa shape index (κ3) is 2.67. The van der Waals surface area contributed by atoms with Crippen LogP contribution in [0.5, 0.6) is 0 Å². The molecule has 1 fully saturated rings. The van der Waals surface area contributed by atoms with Gasteiger partial charge in [0.1, 0.15) is 0 Å². The zero-order chi connectivity index (χ0) is 12.5. The van der Waals surface area contributed by atoms with Gasteiger partial charge in [0, 0.05) is 13.1 Å². The molecule has 1 aliphatic carbocycles. The molecule has 1 aliphatic rings. The van der Waals surface area contributed by atoms with Crippen molar-refractivity contribution in [3.63, 3.8) is 0 Å². The summed E-state index contributed by atoms with van der Waals surface area (Å²) < 4.78 is 0. The molecular formula is C14H19NO2. The molecule has 0 bridgehead atoms. The number of rotatable bonds is 5. The number of nitrogens with one attached hydrogen (secondary N) is 1. The monoisotopic (exact) mass is 233 g/mol. The molecule has 92 valence electrons. The second kappa shape index (κ2) is 4.49. The molecule has 0 aromatic heterocycles. The van der Waals surface area contributed by atoms with Crippen LogP contribution in [0.2, 0.25) is 0 Å². The largest absolute Gasteiger partial charge is 0.481 e. The van der Waals surface area contributed by atoms with Crippen LogP contribution in [0.15, 0.2) is 18.2 Å². The van der Waals surface area contributed by atoms with Crippen LogP contribution in [0.4, 0.5) is 0 Å². The maximum Gasteiger partial charge on any atom is 0.310 e. The first-order valence-electron chi connectivity index (χ1n) is 6.04. The van der Waals surface area contributed by atoms with Crippen LogP contribution in [0.25, 0.3) is 0 Å². The maximum absolute atomic E-state index is 11.0. The molecule has 0 unspecified atom stereocenters. The third-order valence-electron chi connectivity index (χ3n) is 3.58. The van der Waals surface area contributed by atoms with E-state index in [4.69, 9.17) is 5.11 Å². The molecule has 0 atom stereocenters. The van der Waals surface area contributed by atoms with E-state index in [1.54, 1.807) is 0 Å². The Morgan fingerprint density at radius 2 is 2.12 bits per heavy atom. The number of hydrogen-bond acceptors (Lipinski definition) is 2. The molecule has 0 amide bonds. The van der Waals surface area contributed by atoms with E-state index in [1.807, 2.05) is 0 Å². The fraction of sp³-hybridized carbons (Fsp3) is 0.500. The van der Waals surface area contributed by atoms with Gasteiger partial charge in [0.05, 0.1) is 5.41 Å². The lowest BCUT2D eigenvalue weighted by atomic mass is 10.0. The van der Waals surface area contributed by atoms with Crippen molar-refractivity contribution in [2.45, 2.75) is 33.2 Å². The van der Waals surface area contributed by atoms with Crippen LogP contribution in [-0.2, 0) is 11.3 Å². The van der Waals surface area contributed by atoms with Gasteiger partial charge < -0.3 is 10.4 Å². The van der Waals surface area contributed by atoms with Crippen LogP contribution in [0.1, 0.15) is 29.5 Å². The molecule has 1 saturated carbocycles. The van der Waals surface area contributed by atoms with E-state index in [0.29, 0.717) is 6.54 Å². The van der Waals surface area contributed by atoms with Gasteiger partial charge in [-0.05, 0) is 37.8 Å². The third-order valence-corrected chi connectivity index (χ3v) is 3.58. The Labute approximate surface area is 102 Å². The van der Waals surface area contributed by atoms with Crippen molar-refractivity contribution in [1.82, 2.24) is 5.32 Å². The molecule has 0 heterocycles. The van der Waals surface area contributed by atoms with Crippen LogP contribution in [-0.4, -0.2) is 17.6 Å². The van der Waals surface area contributed by atoms with E-state index in [1.165, 1.54) is 16.7 Å². The highest BCUT2D eigenvalue weighted by Crippen LogP contribution is 2.45. The Morgan fingerprint density at radius 3 is 2.65 bits per heavy atom. The highest BCUT2D eigenvalue weighted by molar-refractivity contribution is 5.78. The first-order chi connectivity index (χ1) is 8.03. The Balaban J connectivity index is 1.88. The Morgan fingerprint density at radius 1 is 1.41 bits per heavy atom. The molecule has 1 aromatic carbocycles. The molecule has 0 spiro atoms. The lowest BCUT2D eigenvalue weighted by Crippen LogP contribution is -2.29. The van der Waals surface area contributed by atoms with Crippen molar-refractivity contribution in [3.05, 3.63) is 34.9 Å². The molecule has 2 rings (SSSR count). The molecule has 0 radical (unpaired) electrons. The first-order valence-corrected chi connectivity index (χ1v) is 6.04. The van der Waals surface area contributed by atoms with E-state index < -0.39 is 11.4 Å². The summed E-state index contributed by atoms with van der Waals surface area (Å²) in [5.74, 6) is -0.661. The Bertz CT molecular complexity index is 436. The second-order valence-corrected chi connectivity index (χ2v) is 5.12. The van der Waals surface area contributed by atoms with Crippen LogP contribution in [0, 0.1) is 19.3 Å². The molecule has 2 N–H and O–H groups in total. The second-order valence-electron chi connectivity index (χ2n) is 5.12. The lowest BCUT2D eigenvalue weighted by molar-refractivity contribution is -0.143. The summed E-state index contributed by atoms with van der Waals surface area (Å²) in [6, 6.07) is 6.35. The zero-order valence-corrected chi connectivity index (χ0v) is 10.4. The number of carboxylic acids is 1. The van der Waals surface area contributed by atoms with Gasteiger partial charge in [-0.1, -0.05) is 23.8 Å². The molecular weight excluding hydrogens is 214 g/mol. The van der Waals surface area contributed by atoms with Crippen molar-refractivity contribution in [1.29, 1.82) is 0 Å². The van der Waals surface area contributed by atoms with E-state index >= 15 is 0 Å². The van der Waals surface area contributed by atoms with Crippen molar-refractivity contribution in [3.8, 4) is 0 Å². The van der Waals surface area contributed by atoms with Gasteiger partial charge in [-0.15, -0.1) is 0 Å². The summed E-state index contributed by atoms with van der Waals surface area (Å²) in [6.45, 7) is 5.50. The average molecular weight is 233 g/mol. The van der Waals surface area contributed by atoms with E-state index in [2.05, 4.69) is 37.4 Å². The zero-order valence-electron chi connectivity index (χ0n) is 10.4. The summed E-state index contributed by atoms with van der Waals surface area (Å²) in [7, 11) is 0. The van der Waals surface area contributed by atoms with Gasteiger partial charge in [-0.2, -0.15) is 0 Å². The van der Waals surface area contributed by atoms with E-state index in [0.717, 1.165) is 19.4 Å². The van der Waals surface area contributed by atoms with E-state index in [-0.39, 0.29) is 0 Å². The lowest BCUT2D eigenvalue weighted by Gasteiger charge is -2.12. The maximum atomic E-state index is 11.0. The van der Waals surface area contributed by atoms with Gasteiger partial charge in [-0.25, -0.2) is 0 Å². The number of hydrogen-bond donors (Lipinski definition) is 2. The minimum atomic E-state index is -0.661. The highest BCUT2D eigenvalue weighted by atomic mass is 16.4. The SMILES string of the molecule is Cc1ccc(CNCC2(C(=O)O)CC2)c(C)c1. The number of carboxylic acid groups (broad SMARTS) is 1. The summed E-state index contributed by atoms with van der Waals surface area (Å²) in [5.41, 5.74) is 3.29. The van der Waals surface area contributed by atoms with Crippen LogP contribution < -0.4 is 5.32 Å². The van der Waals surface area contributed by atoms with Gasteiger partial charge in [0.15, 0.2) is 0 Å². The molecule has 3 heteroatoms. The topological polar surface area (TPSA) is 49.3 Å². The first kappa shape index (κ1) is 12.1. The normalized spacial score (nSPS) is 16.8. The van der Waals surface area contributed by atoms with Crippen molar-refractivity contribution in [2.24, 2.45) is 5.41 Å². The fourth-order valence-corrected chi connectivity index (χ4v) is 2.10. The molecule has 0 saturated heterocycles. The Hall–Kier alpha value is -1.35. The number of benzene rings is 1. The van der Waals surface area contributed by atoms with Crippen molar-refractivity contribution >= 4 is 5.97 Å². The van der Waals surface area contributed by atoms with Gasteiger partial charge in [0.2, 0.25) is 0 Å². The smallest absolute Gasteiger partial charge is 0.310 e. The molecule has 0 aliphatic heterocycles. The van der Waals surface area contributed by atoms with Gasteiger partial charge in [0.25, 0.3) is 0 Å². The standard InChI is InChI=1S/C14H19NO2/c1-10-3-4-12(11(2)7-10)8-15-9-14(5-6-14)13(16)17/h3-4,7,15H,5-6,8-9H2,1-2H3,(H,16,17). The number of aryl methyl sites for hydroxylation is 2. The van der Waals surface area contributed by atoms with Crippen LogP contribution in [0.3, 0.4) is 0 Å². The van der Waals surface area contributed by atoms with Crippen molar-refractivity contribution < 1.29 is 9.90 Å². The number of aliphatic carboxylic acids is 1. The summed E-state index contributed by atoms with van der Waals surface area (Å²) in [5, 5.41) is 12.3. The summed E-state index contributed by atoms with van der Waals surface area (Å²) >= 11 is 0. The van der Waals surface area contributed by atoms with Gasteiger partial charge >= 0.3 is 5.97 Å². The van der Waals surface area contributed by atoms with E-state index in [9.17, 15) is 4.79 Å². The summed E-state index contributed by atoms with van der Waals surface area (Å²) in [6.07, 6.45) is 1.62. The highest BCUT2D eigenvalue weighted by Gasteiger charge is 2.49. The summed E-state index contributed by atoms with van der Waals surface area (Å²) in [4.78, 5) is 11.0. The van der Waals surface area contributed by atoms with Crippen LogP contribution >= 0.6 is 0 Å². The minimum absolute atomic E-state index is 0.474. The average Bonchev–Trinajstić information content (AvgIpc) is 3.02. The molecule has 1 aromatic rings. The molecule has 17 heavy (non-hydrogen) atoms. The van der Waals surface area contributed by atoms with Gasteiger partial charge in [-0.3, -0.25) is 4.79 Å². The fourth-order valence-electron chi connectivity index (χ4n) is 2.10.